The maximum atomic E-state index is 9.80. The molecule has 0 bridgehead atoms. The number of alkyl halides is 1. The normalized spacial score (nSPS) is 14.8. The first-order chi connectivity index (χ1) is 7.60. The van der Waals surface area contributed by atoms with Gasteiger partial charge in [0.1, 0.15) is 6.10 Å². The smallest absolute Gasteiger partial charge is 0.105 e. The molecule has 0 saturated carbocycles. The summed E-state index contributed by atoms with van der Waals surface area (Å²) in [4.78, 5) is 0. The van der Waals surface area contributed by atoms with Crippen molar-refractivity contribution in [2.45, 2.75) is 25.2 Å². The summed E-state index contributed by atoms with van der Waals surface area (Å²) < 4.78 is 0. The number of benzene rings is 1. The van der Waals surface area contributed by atoms with E-state index in [1.54, 1.807) is 18.2 Å². The number of rotatable bonds is 5. The van der Waals surface area contributed by atoms with Gasteiger partial charge >= 0.3 is 0 Å². The van der Waals surface area contributed by atoms with Crippen LogP contribution in [0.1, 0.15) is 23.7 Å². The van der Waals surface area contributed by atoms with Crippen LogP contribution in [0.15, 0.2) is 18.2 Å². The highest BCUT2D eigenvalue weighted by atomic mass is 35.5. The van der Waals surface area contributed by atoms with E-state index >= 15 is 0 Å². The predicted molar refractivity (Wildman–Crippen MR) is 63.7 cm³/mol. The molecule has 0 fully saturated rings. The lowest BCUT2D eigenvalue weighted by Gasteiger charge is -2.18. The number of aliphatic hydroxyl groups is 3. The quantitative estimate of drug-likeness (QED) is 0.712. The first-order valence-corrected chi connectivity index (χ1v) is 5.82. The first kappa shape index (κ1) is 13.7. The number of halogens is 2. The SMILES string of the molecule is OCc1cc(C(O)C(O)CCCl)ccc1Cl. The maximum Gasteiger partial charge on any atom is 0.105 e. The third kappa shape index (κ3) is 3.34. The molecule has 0 amide bonds. The van der Waals surface area contributed by atoms with Crippen LogP contribution in [0, 0.1) is 0 Å². The van der Waals surface area contributed by atoms with E-state index in [2.05, 4.69) is 0 Å². The molecule has 0 saturated heterocycles. The van der Waals surface area contributed by atoms with Crippen molar-refractivity contribution in [3.63, 3.8) is 0 Å². The third-order valence-electron chi connectivity index (χ3n) is 2.35. The van der Waals surface area contributed by atoms with Gasteiger partial charge in [0.05, 0.1) is 12.7 Å². The van der Waals surface area contributed by atoms with Crippen LogP contribution in [-0.4, -0.2) is 27.3 Å². The third-order valence-corrected chi connectivity index (χ3v) is 2.94. The van der Waals surface area contributed by atoms with Crippen LogP contribution in [0.5, 0.6) is 0 Å². The molecule has 0 spiro atoms. The van der Waals surface area contributed by atoms with Crippen molar-refractivity contribution in [1.82, 2.24) is 0 Å². The fourth-order valence-corrected chi connectivity index (χ4v) is 1.79. The predicted octanol–water partition coefficient (Wildman–Crippen LogP) is 1.86. The van der Waals surface area contributed by atoms with Gasteiger partial charge in [-0.3, -0.25) is 0 Å². The molecule has 0 aromatic heterocycles. The molecule has 3 nitrogen and oxygen atoms in total. The summed E-state index contributed by atoms with van der Waals surface area (Å²) in [6, 6.07) is 4.77. The molecule has 0 heterocycles. The van der Waals surface area contributed by atoms with Crippen molar-refractivity contribution in [2.24, 2.45) is 0 Å². The van der Waals surface area contributed by atoms with E-state index < -0.39 is 12.2 Å². The molecule has 1 aromatic rings. The minimum absolute atomic E-state index is 0.203. The van der Waals surface area contributed by atoms with Gasteiger partial charge in [-0.05, 0) is 29.7 Å². The van der Waals surface area contributed by atoms with Crippen molar-refractivity contribution in [2.75, 3.05) is 5.88 Å². The van der Waals surface area contributed by atoms with Gasteiger partial charge in [0.25, 0.3) is 0 Å². The number of aliphatic hydroxyl groups excluding tert-OH is 3. The molecule has 0 aliphatic heterocycles. The van der Waals surface area contributed by atoms with Crippen LogP contribution in [0.25, 0.3) is 0 Å². The van der Waals surface area contributed by atoms with E-state index in [1.165, 1.54) is 0 Å². The summed E-state index contributed by atoms with van der Waals surface area (Å²) in [5.74, 6) is 0.276. The van der Waals surface area contributed by atoms with Crippen LogP contribution in [0.3, 0.4) is 0 Å². The Balaban J connectivity index is 2.87. The Morgan fingerprint density at radius 1 is 1.25 bits per heavy atom. The fraction of sp³-hybridized carbons (Fsp3) is 0.455. The molecule has 2 unspecified atom stereocenters. The van der Waals surface area contributed by atoms with E-state index in [0.29, 0.717) is 22.6 Å². The van der Waals surface area contributed by atoms with E-state index in [1.807, 2.05) is 0 Å². The van der Waals surface area contributed by atoms with Crippen LogP contribution in [0.4, 0.5) is 0 Å². The van der Waals surface area contributed by atoms with Gasteiger partial charge in [0.15, 0.2) is 0 Å². The van der Waals surface area contributed by atoms with Crippen molar-refractivity contribution < 1.29 is 15.3 Å². The summed E-state index contributed by atoms with van der Waals surface area (Å²) in [7, 11) is 0. The molecule has 3 N–H and O–H groups in total. The Kier molecular flexibility index (Phi) is 5.52. The van der Waals surface area contributed by atoms with E-state index in [9.17, 15) is 10.2 Å². The standard InChI is InChI=1S/C11H14Cl2O3/c12-4-3-10(15)11(16)7-1-2-9(13)8(5-7)6-14/h1-2,5,10-11,14-16H,3-4,6H2. The second-order valence-corrected chi connectivity index (χ2v) is 4.28. The van der Waals surface area contributed by atoms with Crippen molar-refractivity contribution in [3.05, 3.63) is 34.3 Å². The van der Waals surface area contributed by atoms with Gasteiger partial charge in [-0.1, -0.05) is 17.7 Å². The highest BCUT2D eigenvalue weighted by Crippen LogP contribution is 2.24. The molecule has 0 aliphatic rings. The van der Waals surface area contributed by atoms with Gasteiger partial charge in [-0.2, -0.15) is 0 Å². The number of hydrogen-bond donors (Lipinski definition) is 3. The van der Waals surface area contributed by atoms with Crippen molar-refractivity contribution in [3.8, 4) is 0 Å². The molecule has 1 aromatic carbocycles. The highest BCUT2D eigenvalue weighted by Gasteiger charge is 2.18. The van der Waals surface area contributed by atoms with E-state index in [4.69, 9.17) is 28.3 Å². The van der Waals surface area contributed by atoms with E-state index in [-0.39, 0.29) is 12.5 Å². The fourth-order valence-electron chi connectivity index (χ4n) is 1.39. The minimum atomic E-state index is -1.01. The van der Waals surface area contributed by atoms with Gasteiger partial charge < -0.3 is 15.3 Å². The summed E-state index contributed by atoms with van der Waals surface area (Å²) in [5.41, 5.74) is 1.04. The molecular formula is C11H14Cl2O3. The largest absolute Gasteiger partial charge is 0.392 e. The lowest BCUT2D eigenvalue weighted by Crippen LogP contribution is -2.18. The van der Waals surface area contributed by atoms with Gasteiger partial charge in [0, 0.05) is 10.9 Å². The summed E-state index contributed by atoms with van der Waals surface area (Å²) >= 11 is 11.3. The minimum Gasteiger partial charge on any atom is -0.392 e. The Labute approximate surface area is 104 Å². The lowest BCUT2D eigenvalue weighted by atomic mass is 10.0. The van der Waals surface area contributed by atoms with Gasteiger partial charge in [-0.25, -0.2) is 0 Å². The molecule has 0 aliphatic carbocycles. The topological polar surface area (TPSA) is 60.7 Å². The molecule has 2 atom stereocenters. The molecule has 0 radical (unpaired) electrons. The average molecular weight is 265 g/mol. The van der Waals surface area contributed by atoms with Crippen LogP contribution < -0.4 is 0 Å². The molecule has 16 heavy (non-hydrogen) atoms. The molecular weight excluding hydrogens is 251 g/mol. The summed E-state index contributed by atoms with van der Waals surface area (Å²) in [6.45, 7) is -0.203. The lowest BCUT2D eigenvalue weighted by molar-refractivity contribution is 0.0169. The Morgan fingerprint density at radius 3 is 2.50 bits per heavy atom. The van der Waals surface area contributed by atoms with E-state index in [0.717, 1.165) is 0 Å². The maximum absolute atomic E-state index is 9.80. The first-order valence-electron chi connectivity index (χ1n) is 4.91. The van der Waals surface area contributed by atoms with Gasteiger partial charge in [0.2, 0.25) is 0 Å². The average Bonchev–Trinajstić information content (AvgIpc) is 2.29. The van der Waals surface area contributed by atoms with Crippen LogP contribution in [0.2, 0.25) is 5.02 Å². The second-order valence-electron chi connectivity index (χ2n) is 3.50. The van der Waals surface area contributed by atoms with Gasteiger partial charge in [-0.15, -0.1) is 11.6 Å². The van der Waals surface area contributed by atoms with Crippen LogP contribution in [-0.2, 0) is 6.61 Å². The number of hydrogen-bond acceptors (Lipinski definition) is 3. The highest BCUT2D eigenvalue weighted by molar-refractivity contribution is 6.31. The molecule has 90 valence electrons. The summed E-state index contributed by atoms with van der Waals surface area (Å²) in [6.07, 6.45) is -1.62. The zero-order valence-corrected chi connectivity index (χ0v) is 10.1. The second kappa shape index (κ2) is 6.42. The Bertz CT molecular complexity index is 344. The monoisotopic (exact) mass is 264 g/mol. The molecule has 5 heteroatoms. The van der Waals surface area contributed by atoms with Crippen LogP contribution >= 0.6 is 23.2 Å². The molecule has 1 rings (SSSR count). The summed E-state index contributed by atoms with van der Waals surface area (Å²) in [5, 5.41) is 28.8. The van der Waals surface area contributed by atoms with Crippen molar-refractivity contribution >= 4 is 23.2 Å². The van der Waals surface area contributed by atoms with Crippen molar-refractivity contribution in [1.29, 1.82) is 0 Å². The Morgan fingerprint density at radius 2 is 1.94 bits per heavy atom. The Hall–Kier alpha value is -0.320. The zero-order valence-electron chi connectivity index (χ0n) is 8.61. The zero-order chi connectivity index (χ0) is 12.1.